The number of ether oxygens (including phenoxy) is 1. The molecule has 0 fully saturated rings. The molecule has 0 aliphatic rings. The van der Waals surface area contributed by atoms with E-state index in [2.05, 4.69) is 21.9 Å². The van der Waals surface area contributed by atoms with Crippen molar-refractivity contribution in [3.63, 3.8) is 0 Å². The molecule has 0 saturated heterocycles. The van der Waals surface area contributed by atoms with Gasteiger partial charge in [-0.25, -0.2) is 17.8 Å². The lowest BCUT2D eigenvalue weighted by Crippen LogP contribution is -2.29. The van der Waals surface area contributed by atoms with Gasteiger partial charge in [-0.1, -0.05) is 49.7 Å². The van der Waals surface area contributed by atoms with Crippen LogP contribution in [0.25, 0.3) is 0 Å². The van der Waals surface area contributed by atoms with Gasteiger partial charge in [-0.2, -0.15) is 13.2 Å². The Morgan fingerprint density at radius 3 is 2.35 bits per heavy atom. The molecule has 2 N–H and O–H groups in total. The van der Waals surface area contributed by atoms with Crippen LogP contribution >= 0.6 is 0 Å². The zero-order valence-electron chi connectivity index (χ0n) is 22.3. The second kappa shape index (κ2) is 13.1. The number of amides is 1. The molecule has 1 unspecified atom stereocenters. The number of sulfonamides is 1. The Labute approximate surface area is 231 Å². The smallest absolute Gasteiger partial charge is 0.433 e. The molecule has 1 amide bonds. The van der Waals surface area contributed by atoms with E-state index in [1.54, 1.807) is 0 Å². The molecule has 1 atom stereocenters. The lowest BCUT2D eigenvalue weighted by molar-refractivity contribution is -0.141. The standard InChI is InChI=1S/C28H31F4N3O4S/c1-4-5-7-19-10-12-20(13-11-19)17-39-27-21(14-15-24(34-27)28(30,31)32)16-33-26(36)18(2)22-8-6-9-23(29)25(22)35-40(3,37)38/h6,8-15,18,35H,4-5,7,16-17H2,1-3H3,(H,33,36). The Kier molecular flexibility index (Phi) is 10.1. The number of halogens is 4. The third kappa shape index (κ3) is 8.67. The summed E-state index contributed by atoms with van der Waals surface area (Å²) in [5.41, 5.74) is 0.674. The normalized spacial score (nSPS) is 12.6. The molecule has 0 saturated carbocycles. The molecule has 0 bridgehead atoms. The molecule has 2 aromatic carbocycles. The van der Waals surface area contributed by atoms with Crippen molar-refractivity contribution in [3.05, 3.63) is 88.4 Å². The number of pyridine rings is 1. The van der Waals surface area contributed by atoms with Crippen LogP contribution in [0.4, 0.5) is 23.2 Å². The molecule has 3 aromatic rings. The number of para-hydroxylation sites is 1. The van der Waals surface area contributed by atoms with E-state index in [1.165, 1.54) is 25.1 Å². The maximum Gasteiger partial charge on any atom is 0.433 e. The second-order valence-electron chi connectivity index (χ2n) is 9.39. The van der Waals surface area contributed by atoms with Gasteiger partial charge in [-0.3, -0.25) is 9.52 Å². The number of rotatable bonds is 12. The number of hydrogen-bond donors (Lipinski definition) is 2. The van der Waals surface area contributed by atoms with Crippen LogP contribution in [0.15, 0.2) is 54.6 Å². The van der Waals surface area contributed by atoms with E-state index in [0.29, 0.717) is 0 Å². The summed E-state index contributed by atoms with van der Waals surface area (Å²) in [5, 5.41) is 2.59. The highest BCUT2D eigenvalue weighted by molar-refractivity contribution is 7.92. The quantitative estimate of drug-likeness (QED) is 0.258. The summed E-state index contributed by atoms with van der Waals surface area (Å²) < 4.78 is 85.5. The molecule has 0 spiro atoms. The fourth-order valence-electron chi connectivity index (χ4n) is 3.89. The van der Waals surface area contributed by atoms with E-state index in [1.807, 2.05) is 24.3 Å². The SMILES string of the molecule is CCCCc1ccc(COc2nc(C(F)(F)F)ccc2CNC(=O)C(C)c2cccc(F)c2NS(C)(=O)=O)cc1. The van der Waals surface area contributed by atoms with Crippen LogP contribution < -0.4 is 14.8 Å². The lowest BCUT2D eigenvalue weighted by Gasteiger charge is -2.18. The first kappa shape index (κ1) is 30.9. The van der Waals surface area contributed by atoms with E-state index in [0.717, 1.165) is 48.8 Å². The number of carbonyl (C=O) groups is 1. The van der Waals surface area contributed by atoms with Gasteiger partial charge >= 0.3 is 6.18 Å². The number of nitrogens with one attached hydrogen (secondary N) is 2. The highest BCUT2D eigenvalue weighted by Gasteiger charge is 2.33. The number of benzene rings is 2. The fourth-order valence-corrected chi connectivity index (χ4v) is 4.48. The van der Waals surface area contributed by atoms with Gasteiger partial charge < -0.3 is 10.1 Å². The molecule has 1 heterocycles. The topological polar surface area (TPSA) is 97.4 Å². The van der Waals surface area contributed by atoms with Crippen molar-refractivity contribution < 1.29 is 35.5 Å². The number of hydrogen-bond acceptors (Lipinski definition) is 5. The van der Waals surface area contributed by atoms with Gasteiger partial charge in [-0.05, 0) is 54.7 Å². The average Bonchev–Trinajstić information content (AvgIpc) is 2.89. The van der Waals surface area contributed by atoms with Crippen LogP contribution in [0.3, 0.4) is 0 Å². The van der Waals surface area contributed by atoms with Crippen molar-refractivity contribution in [1.29, 1.82) is 0 Å². The van der Waals surface area contributed by atoms with E-state index >= 15 is 0 Å². The third-order valence-corrected chi connectivity index (χ3v) is 6.67. The molecule has 0 radical (unpaired) electrons. The minimum absolute atomic E-state index is 0.0382. The second-order valence-corrected chi connectivity index (χ2v) is 11.1. The summed E-state index contributed by atoms with van der Waals surface area (Å²) in [6.07, 6.45) is -0.808. The van der Waals surface area contributed by atoms with Crippen LogP contribution in [0, 0.1) is 5.82 Å². The molecule has 3 rings (SSSR count). The largest absolute Gasteiger partial charge is 0.473 e. The molecule has 0 aliphatic carbocycles. The van der Waals surface area contributed by atoms with Gasteiger partial charge in [0.1, 0.15) is 18.1 Å². The van der Waals surface area contributed by atoms with Gasteiger partial charge in [0.05, 0.1) is 17.9 Å². The zero-order valence-corrected chi connectivity index (χ0v) is 23.1. The molecule has 12 heteroatoms. The van der Waals surface area contributed by atoms with Gasteiger partial charge in [0, 0.05) is 12.1 Å². The van der Waals surface area contributed by atoms with Gasteiger partial charge in [-0.15, -0.1) is 0 Å². The van der Waals surface area contributed by atoms with Gasteiger partial charge in [0.2, 0.25) is 21.8 Å². The van der Waals surface area contributed by atoms with E-state index in [9.17, 15) is 30.8 Å². The Balaban J connectivity index is 1.77. The number of aromatic nitrogens is 1. The van der Waals surface area contributed by atoms with Crippen LogP contribution in [-0.4, -0.2) is 25.6 Å². The van der Waals surface area contributed by atoms with Crippen molar-refractivity contribution >= 4 is 21.6 Å². The maximum absolute atomic E-state index is 14.4. The van der Waals surface area contributed by atoms with Crippen molar-refractivity contribution in [2.45, 2.75) is 58.4 Å². The summed E-state index contributed by atoms with van der Waals surface area (Å²) in [6.45, 7) is 3.28. The lowest BCUT2D eigenvalue weighted by atomic mass is 9.98. The van der Waals surface area contributed by atoms with Crippen LogP contribution in [0.2, 0.25) is 0 Å². The summed E-state index contributed by atoms with van der Waals surface area (Å²) in [6, 6.07) is 13.3. The fraction of sp³-hybridized carbons (Fsp3) is 0.357. The predicted octanol–water partition coefficient (Wildman–Crippen LogP) is 5.95. The molecule has 40 heavy (non-hydrogen) atoms. The molecule has 216 valence electrons. The van der Waals surface area contributed by atoms with E-state index in [-0.39, 0.29) is 35.8 Å². The molecular formula is C28H31F4N3O4S. The zero-order chi connectivity index (χ0) is 29.5. The number of alkyl halides is 3. The first-order chi connectivity index (χ1) is 18.8. The number of nitrogens with zero attached hydrogens (tertiary/aromatic N) is 1. The monoisotopic (exact) mass is 581 g/mol. The first-order valence-corrected chi connectivity index (χ1v) is 14.5. The predicted molar refractivity (Wildman–Crippen MR) is 144 cm³/mol. The van der Waals surface area contributed by atoms with Crippen molar-refractivity contribution in [2.24, 2.45) is 0 Å². The Morgan fingerprint density at radius 2 is 1.73 bits per heavy atom. The molecule has 1 aromatic heterocycles. The number of anilines is 1. The number of aryl methyl sites for hydroxylation is 1. The van der Waals surface area contributed by atoms with Crippen LogP contribution in [0.5, 0.6) is 5.88 Å². The molecular weight excluding hydrogens is 550 g/mol. The van der Waals surface area contributed by atoms with Gasteiger partial charge in [0.25, 0.3) is 0 Å². The number of carbonyl (C=O) groups excluding carboxylic acids is 1. The van der Waals surface area contributed by atoms with Gasteiger partial charge in [0.15, 0.2) is 0 Å². The Morgan fingerprint density at radius 1 is 1.05 bits per heavy atom. The summed E-state index contributed by atoms with van der Waals surface area (Å²) in [5.74, 6) is -2.76. The van der Waals surface area contributed by atoms with E-state index < -0.39 is 39.5 Å². The highest BCUT2D eigenvalue weighted by Crippen LogP contribution is 2.31. The average molecular weight is 582 g/mol. The van der Waals surface area contributed by atoms with E-state index in [4.69, 9.17) is 4.74 Å². The van der Waals surface area contributed by atoms with Crippen LogP contribution in [-0.2, 0) is 40.6 Å². The van der Waals surface area contributed by atoms with Crippen molar-refractivity contribution in [3.8, 4) is 5.88 Å². The summed E-state index contributed by atoms with van der Waals surface area (Å²) >= 11 is 0. The Bertz CT molecular complexity index is 1430. The summed E-state index contributed by atoms with van der Waals surface area (Å²) in [7, 11) is -3.83. The van der Waals surface area contributed by atoms with Crippen LogP contribution in [0.1, 0.15) is 60.6 Å². The Hall–Kier alpha value is -3.67. The minimum atomic E-state index is -4.70. The molecule has 0 aliphatic heterocycles. The third-order valence-electron chi connectivity index (χ3n) is 6.09. The molecule has 7 nitrogen and oxygen atoms in total. The maximum atomic E-state index is 14.4. The summed E-state index contributed by atoms with van der Waals surface area (Å²) in [4.78, 5) is 16.6. The van der Waals surface area contributed by atoms with Crippen molar-refractivity contribution in [1.82, 2.24) is 10.3 Å². The first-order valence-electron chi connectivity index (χ1n) is 12.6. The number of unbranched alkanes of at least 4 members (excludes halogenated alkanes) is 1. The minimum Gasteiger partial charge on any atom is -0.473 e. The highest BCUT2D eigenvalue weighted by atomic mass is 32.2. The van der Waals surface area contributed by atoms with Crippen molar-refractivity contribution in [2.75, 3.05) is 11.0 Å².